The van der Waals surface area contributed by atoms with Gasteiger partial charge in [-0.25, -0.2) is 0 Å². The molecule has 0 N–H and O–H groups in total. The molecule has 1 aliphatic rings. The summed E-state index contributed by atoms with van der Waals surface area (Å²) in [5.41, 5.74) is 2.51. The molecule has 1 amide bonds. The number of carbonyl (C=O) groups excluding carboxylic acids is 1. The van der Waals surface area contributed by atoms with Gasteiger partial charge in [-0.05, 0) is 17.5 Å². The van der Waals surface area contributed by atoms with Crippen molar-refractivity contribution in [1.82, 2.24) is 14.7 Å². The Kier molecular flexibility index (Phi) is 2.81. The van der Waals surface area contributed by atoms with Crippen LogP contribution in [0.15, 0.2) is 24.4 Å². The molecule has 0 atom stereocenters. The van der Waals surface area contributed by atoms with Crippen molar-refractivity contribution in [2.24, 2.45) is 0 Å². The van der Waals surface area contributed by atoms with Crippen LogP contribution in [0.25, 0.3) is 10.9 Å². The van der Waals surface area contributed by atoms with Gasteiger partial charge < -0.3 is 4.90 Å². The zero-order valence-corrected chi connectivity index (χ0v) is 11.6. The van der Waals surface area contributed by atoms with Crippen molar-refractivity contribution in [1.29, 1.82) is 0 Å². The Morgan fingerprint density at radius 3 is 2.74 bits per heavy atom. The highest BCUT2D eigenvalue weighted by molar-refractivity contribution is 5.80. The van der Waals surface area contributed by atoms with Crippen molar-refractivity contribution in [3.8, 4) is 0 Å². The van der Waals surface area contributed by atoms with E-state index >= 15 is 0 Å². The molecule has 0 saturated carbocycles. The quantitative estimate of drug-likeness (QED) is 0.829. The van der Waals surface area contributed by atoms with Gasteiger partial charge in [0.15, 0.2) is 0 Å². The third kappa shape index (κ3) is 2.01. The fraction of sp³-hybridized carbons (Fsp3) is 0.467. The van der Waals surface area contributed by atoms with Gasteiger partial charge in [0.2, 0.25) is 5.91 Å². The third-order valence-corrected chi connectivity index (χ3v) is 3.94. The zero-order valence-electron chi connectivity index (χ0n) is 11.6. The van der Waals surface area contributed by atoms with E-state index in [0.29, 0.717) is 12.0 Å². The molecule has 1 aromatic heterocycles. The second kappa shape index (κ2) is 4.37. The van der Waals surface area contributed by atoms with Gasteiger partial charge in [0, 0.05) is 25.4 Å². The van der Waals surface area contributed by atoms with Crippen LogP contribution in [0.3, 0.4) is 0 Å². The topological polar surface area (TPSA) is 38.1 Å². The van der Waals surface area contributed by atoms with Gasteiger partial charge in [-0.3, -0.25) is 9.48 Å². The Bertz CT molecular complexity index is 623. The van der Waals surface area contributed by atoms with Gasteiger partial charge in [-0.15, -0.1) is 0 Å². The van der Waals surface area contributed by atoms with E-state index in [4.69, 9.17) is 0 Å². The SMILES string of the molecule is CC(=O)N1CC(n2ncc3ccc(C(C)C)cc32)C1. The van der Waals surface area contributed by atoms with Gasteiger partial charge in [-0.1, -0.05) is 26.0 Å². The summed E-state index contributed by atoms with van der Waals surface area (Å²) in [6, 6.07) is 6.85. The molecule has 3 rings (SSSR count). The Labute approximate surface area is 113 Å². The molecule has 1 fully saturated rings. The molecular formula is C15H19N3O. The molecule has 2 aromatic rings. The van der Waals surface area contributed by atoms with Gasteiger partial charge in [0.05, 0.1) is 17.8 Å². The molecule has 2 heterocycles. The van der Waals surface area contributed by atoms with Gasteiger partial charge in [0.25, 0.3) is 0 Å². The number of fused-ring (bicyclic) bond motifs is 1. The average molecular weight is 257 g/mol. The molecule has 0 radical (unpaired) electrons. The number of amides is 1. The maximum absolute atomic E-state index is 11.2. The monoisotopic (exact) mass is 257 g/mol. The highest BCUT2D eigenvalue weighted by Gasteiger charge is 2.31. The Morgan fingerprint density at radius 1 is 1.37 bits per heavy atom. The summed E-state index contributed by atoms with van der Waals surface area (Å²) in [7, 11) is 0. The fourth-order valence-electron chi connectivity index (χ4n) is 2.57. The Balaban J connectivity index is 1.92. The molecule has 0 unspecified atom stereocenters. The number of hydrogen-bond acceptors (Lipinski definition) is 2. The minimum absolute atomic E-state index is 0.149. The molecular weight excluding hydrogens is 238 g/mol. The van der Waals surface area contributed by atoms with Crippen molar-refractivity contribution in [2.75, 3.05) is 13.1 Å². The zero-order chi connectivity index (χ0) is 13.6. The summed E-state index contributed by atoms with van der Waals surface area (Å²) >= 11 is 0. The number of carbonyl (C=O) groups is 1. The second-order valence-electron chi connectivity index (χ2n) is 5.64. The van der Waals surface area contributed by atoms with Crippen LogP contribution in [0.1, 0.15) is 38.3 Å². The maximum atomic E-state index is 11.2. The first kappa shape index (κ1) is 12.2. The molecule has 19 heavy (non-hydrogen) atoms. The summed E-state index contributed by atoms with van der Waals surface area (Å²) in [4.78, 5) is 13.1. The molecule has 0 spiro atoms. The van der Waals surface area contributed by atoms with Crippen molar-refractivity contribution in [3.05, 3.63) is 30.0 Å². The minimum Gasteiger partial charge on any atom is -0.339 e. The molecule has 1 aromatic carbocycles. The standard InChI is InChI=1S/C15H19N3O/c1-10(2)12-4-5-13-7-16-18(15(13)6-12)14-8-17(9-14)11(3)19/h4-7,10,14H,8-9H2,1-3H3. The fourth-order valence-corrected chi connectivity index (χ4v) is 2.57. The summed E-state index contributed by atoms with van der Waals surface area (Å²) in [5.74, 6) is 0.665. The first-order valence-electron chi connectivity index (χ1n) is 6.79. The van der Waals surface area contributed by atoms with E-state index < -0.39 is 0 Å². The third-order valence-electron chi connectivity index (χ3n) is 3.94. The lowest BCUT2D eigenvalue weighted by atomic mass is 10.0. The molecule has 100 valence electrons. The first-order valence-corrected chi connectivity index (χ1v) is 6.79. The number of rotatable bonds is 2. The molecule has 1 aliphatic heterocycles. The lowest BCUT2D eigenvalue weighted by Gasteiger charge is -2.38. The summed E-state index contributed by atoms with van der Waals surface area (Å²) in [6.45, 7) is 7.57. The van der Waals surface area contributed by atoms with Crippen LogP contribution in [0.4, 0.5) is 0 Å². The summed E-state index contributed by atoms with van der Waals surface area (Å²) in [6.07, 6.45) is 1.91. The Hall–Kier alpha value is -1.84. The summed E-state index contributed by atoms with van der Waals surface area (Å²) in [5, 5.41) is 5.66. The smallest absolute Gasteiger partial charge is 0.219 e. The second-order valence-corrected chi connectivity index (χ2v) is 5.64. The lowest BCUT2D eigenvalue weighted by Crippen LogP contribution is -2.50. The van der Waals surface area contributed by atoms with Crippen LogP contribution in [0.5, 0.6) is 0 Å². The molecule has 0 aliphatic carbocycles. The molecule has 1 saturated heterocycles. The predicted octanol–water partition coefficient (Wildman–Crippen LogP) is 2.56. The number of aromatic nitrogens is 2. The van der Waals surface area contributed by atoms with Crippen LogP contribution in [-0.2, 0) is 4.79 Å². The first-order chi connectivity index (χ1) is 9.06. The van der Waals surface area contributed by atoms with Crippen LogP contribution in [-0.4, -0.2) is 33.7 Å². The van der Waals surface area contributed by atoms with Crippen LogP contribution in [0, 0.1) is 0 Å². The number of nitrogens with zero attached hydrogens (tertiary/aromatic N) is 3. The lowest BCUT2D eigenvalue weighted by molar-refractivity contribution is -0.134. The average Bonchev–Trinajstić information content (AvgIpc) is 2.70. The molecule has 4 nitrogen and oxygen atoms in total. The van der Waals surface area contributed by atoms with Gasteiger partial charge in [-0.2, -0.15) is 5.10 Å². The van der Waals surface area contributed by atoms with Crippen LogP contribution >= 0.6 is 0 Å². The number of benzene rings is 1. The number of likely N-dealkylation sites (tertiary alicyclic amines) is 1. The van der Waals surface area contributed by atoms with E-state index in [1.54, 1.807) is 6.92 Å². The maximum Gasteiger partial charge on any atom is 0.219 e. The van der Waals surface area contributed by atoms with Crippen molar-refractivity contribution >= 4 is 16.8 Å². The van der Waals surface area contributed by atoms with Crippen molar-refractivity contribution < 1.29 is 4.79 Å². The molecule has 0 bridgehead atoms. The van der Waals surface area contributed by atoms with Gasteiger partial charge >= 0.3 is 0 Å². The predicted molar refractivity (Wildman–Crippen MR) is 75.1 cm³/mol. The van der Waals surface area contributed by atoms with E-state index in [9.17, 15) is 4.79 Å². The van der Waals surface area contributed by atoms with Crippen molar-refractivity contribution in [2.45, 2.75) is 32.7 Å². The summed E-state index contributed by atoms with van der Waals surface area (Å²) < 4.78 is 2.07. The number of hydrogen-bond donors (Lipinski definition) is 0. The van der Waals surface area contributed by atoms with Crippen molar-refractivity contribution in [3.63, 3.8) is 0 Å². The highest BCUT2D eigenvalue weighted by atomic mass is 16.2. The normalized spacial score (nSPS) is 16.1. The van der Waals surface area contributed by atoms with Crippen LogP contribution in [0.2, 0.25) is 0 Å². The molecule has 4 heteroatoms. The van der Waals surface area contributed by atoms with E-state index in [-0.39, 0.29) is 5.91 Å². The van der Waals surface area contributed by atoms with E-state index in [1.807, 2.05) is 11.1 Å². The van der Waals surface area contributed by atoms with Gasteiger partial charge in [0.1, 0.15) is 0 Å². The van der Waals surface area contributed by atoms with E-state index in [2.05, 4.69) is 41.8 Å². The van der Waals surface area contributed by atoms with E-state index in [1.165, 1.54) is 16.5 Å². The highest BCUT2D eigenvalue weighted by Crippen LogP contribution is 2.27. The Morgan fingerprint density at radius 2 is 2.11 bits per heavy atom. The largest absolute Gasteiger partial charge is 0.339 e. The van der Waals surface area contributed by atoms with Crippen LogP contribution < -0.4 is 0 Å². The van der Waals surface area contributed by atoms with E-state index in [0.717, 1.165) is 13.1 Å². The minimum atomic E-state index is 0.149.